The van der Waals surface area contributed by atoms with E-state index in [1.807, 2.05) is 0 Å². The van der Waals surface area contributed by atoms with Crippen LogP contribution in [0.4, 0.5) is 0 Å². The third kappa shape index (κ3) is 3.36. The molecule has 0 radical (unpaired) electrons. The number of carbonyl (C=O) groups is 2. The van der Waals surface area contributed by atoms with Gasteiger partial charge in [0.05, 0.1) is 4.90 Å². The van der Waals surface area contributed by atoms with Crippen molar-refractivity contribution in [3.8, 4) is 0 Å². The fraction of sp³-hybridized carbons (Fsp3) is 0.385. The van der Waals surface area contributed by atoms with E-state index in [-0.39, 0.29) is 17.7 Å². The topological polar surface area (TPSA) is 91.8 Å². The summed E-state index contributed by atoms with van der Waals surface area (Å²) in [6.07, 6.45) is 0.577. The number of aryl methyl sites for hydroxylation is 1. The van der Waals surface area contributed by atoms with Crippen LogP contribution in [-0.2, 0) is 19.6 Å². The Bertz CT molecular complexity index is 579. The molecule has 0 aliphatic heterocycles. The van der Waals surface area contributed by atoms with Gasteiger partial charge in [-0.25, -0.2) is 17.5 Å². The highest BCUT2D eigenvalue weighted by Gasteiger charge is 2.34. The van der Waals surface area contributed by atoms with Gasteiger partial charge >= 0.3 is 5.97 Å². The Morgan fingerprint density at radius 1 is 1.35 bits per heavy atom. The number of nitrogens with zero attached hydrogens (tertiary/aromatic N) is 1. The van der Waals surface area contributed by atoms with Crippen molar-refractivity contribution in [2.24, 2.45) is 0 Å². The first kappa shape index (κ1) is 16.2. The van der Waals surface area contributed by atoms with E-state index in [0.717, 1.165) is 5.56 Å². The lowest BCUT2D eigenvalue weighted by atomic mass is 10.2. The number of benzene rings is 1. The molecule has 110 valence electrons. The fourth-order valence-corrected chi connectivity index (χ4v) is 3.13. The third-order valence-electron chi connectivity index (χ3n) is 2.85. The number of rotatable bonds is 7. The van der Waals surface area contributed by atoms with E-state index >= 15 is 0 Å². The molecule has 1 rings (SSSR count). The molecule has 7 heteroatoms. The molecule has 0 saturated carbocycles. The van der Waals surface area contributed by atoms with Gasteiger partial charge in [-0.15, -0.1) is 0 Å². The van der Waals surface area contributed by atoms with E-state index < -0.39 is 22.0 Å². The van der Waals surface area contributed by atoms with Gasteiger partial charge in [0.1, 0.15) is 6.04 Å². The molecule has 1 aromatic carbocycles. The van der Waals surface area contributed by atoms with Crippen molar-refractivity contribution in [3.63, 3.8) is 0 Å². The summed E-state index contributed by atoms with van der Waals surface area (Å²) in [7, 11) is -4.15. The van der Waals surface area contributed by atoms with Crippen molar-refractivity contribution in [1.29, 1.82) is 0 Å². The Kier molecular flexibility index (Phi) is 5.26. The van der Waals surface area contributed by atoms with Gasteiger partial charge in [-0.1, -0.05) is 31.0 Å². The monoisotopic (exact) mass is 299 g/mol. The summed E-state index contributed by atoms with van der Waals surface area (Å²) in [4.78, 5) is 22.2. The molecule has 0 heterocycles. The Balaban J connectivity index is 3.24. The van der Waals surface area contributed by atoms with Gasteiger partial charge in [0.2, 0.25) is 6.41 Å². The molecule has 1 N–H and O–H groups in total. The Morgan fingerprint density at radius 2 is 1.90 bits per heavy atom. The molecule has 1 amide bonds. The van der Waals surface area contributed by atoms with E-state index in [1.54, 1.807) is 26.0 Å². The van der Waals surface area contributed by atoms with Gasteiger partial charge in [-0.3, -0.25) is 4.79 Å². The Morgan fingerprint density at radius 3 is 2.30 bits per heavy atom. The van der Waals surface area contributed by atoms with Gasteiger partial charge in [0.15, 0.2) is 0 Å². The molecule has 0 saturated heterocycles. The first-order valence-corrected chi connectivity index (χ1v) is 7.57. The van der Waals surface area contributed by atoms with Gasteiger partial charge in [0, 0.05) is 0 Å². The SMILES string of the molecule is CCC[C@H](C(=O)O)N(C=O)S(=O)(=O)c1ccc(C)cc1. The molecule has 6 nitrogen and oxygen atoms in total. The summed E-state index contributed by atoms with van der Waals surface area (Å²) < 4.78 is 25.0. The fourth-order valence-electron chi connectivity index (χ4n) is 1.76. The van der Waals surface area contributed by atoms with E-state index in [1.165, 1.54) is 12.1 Å². The molecule has 0 spiro atoms. The average molecular weight is 299 g/mol. The summed E-state index contributed by atoms with van der Waals surface area (Å²) >= 11 is 0. The standard InChI is InChI=1S/C13H17NO5S/c1-3-4-12(13(16)17)14(9-15)20(18,19)11-7-5-10(2)6-8-11/h5-9,12H,3-4H2,1-2H3,(H,16,17)/t12-/m1/s1. The summed E-state index contributed by atoms with van der Waals surface area (Å²) in [6, 6.07) is 4.50. The van der Waals surface area contributed by atoms with Gasteiger partial charge in [-0.2, -0.15) is 0 Å². The minimum atomic E-state index is -4.15. The van der Waals surface area contributed by atoms with E-state index in [4.69, 9.17) is 5.11 Å². The van der Waals surface area contributed by atoms with Crippen LogP contribution in [0, 0.1) is 6.92 Å². The maximum atomic E-state index is 12.3. The highest BCUT2D eigenvalue weighted by Crippen LogP contribution is 2.19. The number of hydrogen-bond donors (Lipinski definition) is 1. The molecule has 0 aliphatic rings. The maximum absolute atomic E-state index is 12.3. The summed E-state index contributed by atoms with van der Waals surface area (Å²) in [5.41, 5.74) is 0.866. The number of hydrogen-bond acceptors (Lipinski definition) is 4. The zero-order valence-corrected chi connectivity index (χ0v) is 12.1. The smallest absolute Gasteiger partial charge is 0.327 e. The number of carbonyl (C=O) groups excluding carboxylic acids is 1. The molecule has 0 aliphatic carbocycles. The number of amides is 1. The van der Waals surface area contributed by atoms with Gasteiger partial charge < -0.3 is 5.11 Å². The summed E-state index contributed by atoms with van der Waals surface area (Å²) in [5.74, 6) is -1.34. The highest BCUT2D eigenvalue weighted by molar-refractivity contribution is 7.89. The third-order valence-corrected chi connectivity index (χ3v) is 4.62. The minimum absolute atomic E-state index is 0.0592. The van der Waals surface area contributed by atoms with Crippen LogP contribution in [0.1, 0.15) is 25.3 Å². The quantitative estimate of drug-likeness (QED) is 0.768. The lowest BCUT2D eigenvalue weighted by molar-refractivity contribution is -0.143. The molecule has 0 unspecified atom stereocenters. The highest BCUT2D eigenvalue weighted by atomic mass is 32.2. The molecule has 0 fully saturated rings. The predicted molar refractivity (Wildman–Crippen MR) is 72.6 cm³/mol. The first-order chi connectivity index (χ1) is 9.34. The number of carboxylic acids is 1. The van der Waals surface area contributed by atoms with Crippen molar-refractivity contribution in [2.45, 2.75) is 37.6 Å². The lowest BCUT2D eigenvalue weighted by Gasteiger charge is -2.24. The Labute approximate surface area is 118 Å². The van der Waals surface area contributed by atoms with Crippen molar-refractivity contribution < 1.29 is 23.1 Å². The lowest BCUT2D eigenvalue weighted by Crippen LogP contribution is -2.44. The molecule has 1 atom stereocenters. The molecule has 0 bridgehead atoms. The van der Waals surface area contributed by atoms with Crippen LogP contribution in [0.25, 0.3) is 0 Å². The van der Waals surface area contributed by atoms with Crippen molar-refractivity contribution in [1.82, 2.24) is 4.31 Å². The van der Waals surface area contributed by atoms with Crippen molar-refractivity contribution in [2.75, 3.05) is 0 Å². The van der Waals surface area contributed by atoms with E-state index in [0.29, 0.717) is 10.7 Å². The first-order valence-electron chi connectivity index (χ1n) is 6.13. The number of aliphatic carboxylic acids is 1. The van der Waals surface area contributed by atoms with Crippen LogP contribution >= 0.6 is 0 Å². The van der Waals surface area contributed by atoms with Crippen molar-refractivity contribution >= 4 is 22.4 Å². The van der Waals surface area contributed by atoms with Crippen LogP contribution in [-0.4, -0.2) is 36.3 Å². The molecule has 20 heavy (non-hydrogen) atoms. The molecule has 1 aromatic rings. The molecular weight excluding hydrogens is 282 g/mol. The zero-order chi connectivity index (χ0) is 15.3. The number of sulfonamides is 1. The zero-order valence-electron chi connectivity index (χ0n) is 11.3. The summed E-state index contributed by atoms with van der Waals surface area (Å²) in [5, 5.41) is 9.10. The molecular formula is C13H17NO5S. The normalized spacial score (nSPS) is 12.7. The largest absolute Gasteiger partial charge is 0.480 e. The van der Waals surface area contributed by atoms with Crippen LogP contribution in [0.2, 0.25) is 0 Å². The van der Waals surface area contributed by atoms with E-state index in [9.17, 15) is 18.0 Å². The van der Waals surface area contributed by atoms with Crippen LogP contribution in [0.15, 0.2) is 29.2 Å². The van der Waals surface area contributed by atoms with Gasteiger partial charge in [-0.05, 0) is 25.5 Å². The van der Waals surface area contributed by atoms with Crippen LogP contribution in [0.5, 0.6) is 0 Å². The van der Waals surface area contributed by atoms with Crippen molar-refractivity contribution in [3.05, 3.63) is 29.8 Å². The minimum Gasteiger partial charge on any atom is -0.480 e. The second kappa shape index (κ2) is 6.51. The predicted octanol–water partition coefficient (Wildman–Crippen LogP) is 1.40. The molecule has 0 aromatic heterocycles. The van der Waals surface area contributed by atoms with Crippen LogP contribution in [0.3, 0.4) is 0 Å². The summed E-state index contributed by atoms with van der Waals surface area (Å²) in [6.45, 7) is 3.52. The second-order valence-electron chi connectivity index (χ2n) is 4.40. The van der Waals surface area contributed by atoms with Gasteiger partial charge in [0.25, 0.3) is 10.0 Å². The average Bonchev–Trinajstić information content (AvgIpc) is 2.38. The second-order valence-corrected chi connectivity index (χ2v) is 6.24. The maximum Gasteiger partial charge on any atom is 0.327 e. The number of carboxylic acid groups (broad SMARTS) is 1. The Hall–Kier alpha value is -1.89. The van der Waals surface area contributed by atoms with E-state index in [2.05, 4.69) is 0 Å². The van der Waals surface area contributed by atoms with Crippen LogP contribution < -0.4 is 0 Å².